The second-order valence-corrected chi connectivity index (χ2v) is 7.43. The fraction of sp³-hybridized carbons (Fsp3) is 0.261. The Morgan fingerprint density at radius 2 is 1.88 bits per heavy atom. The van der Waals surface area contributed by atoms with E-state index < -0.39 is 24.0 Å². The lowest BCUT2D eigenvalue weighted by Gasteiger charge is -2.15. The van der Waals surface area contributed by atoms with Gasteiger partial charge in [0.2, 0.25) is 5.89 Å². The molecule has 0 spiro atoms. The number of nitrogens with two attached hydrogens (primary N) is 1. The Labute approximate surface area is 194 Å². The summed E-state index contributed by atoms with van der Waals surface area (Å²) in [6, 6.07) is 10.1. The molecule has 0 fully saturated rings. The van der Waals surface area contributed by atoms with Gasteiger partial charge in [-0.1, -0.05) is 25.5 Å². The minimum Gasteiger partial charge on any atom is -0.480 e. The molecule has 0 saturated carbocycles. The summed E-state index contributed by atoms with van der Waals surface area (Å²) in [7, 11) is 0. The highest BCUT2D eigenvalue weighted by Gasteiger charge is 2.22. The molecule has 1 aromatic heterocycles. The van der Waals surface area contributed by atoms with E-state index in [1.807, 2.05) is 6.92 Å². The minimum atomic E-state index is -1.35. The van der Waals surface area contributed by atoms with Crippen LogP contribution >= 0.6 is 0 Å². The molecule has 0 bridgehead atoms. The van der Waals surface area contributed by atoms with E-state index in [2.05, 4.69) is 15.6 Å². The molecule has 0 aliphatic rings. The van der Waals surface area contributed by atoms with Crippen LogP contribution < -0.4 is 16.4 Å². The number of unbranched alkanes of at least 4 members (excludes halogenated alkanes) is 1. The van der Waals surface area contributed by atoms with Crippen LogP contribution in [0.15, 0.2) is 46.9 Å². The number of nitrogens with zero attached hydrogens (tertiary/aromatic N) is 1. The van der Waals surface area contributed by atoms with Crippen molar-refractivity contribution in [3.63, 3.8) is 0 Å². The van der Waals surface area contributed by atoms with E-state index in [0.29, 0.717) is 34.5 Å². The van der Waals surface area contributed by atoms with Gasteiger partial charge >= 0.3 is 12.1 Å². The first-order valence-corrected chi connectivity index (χ1v) is 10.6. The number of hydrogen-bond acceptors (Lipinski definition) is 7. The number of nitrogen functional groups attached to an aromatic ring is 1. The molecule has 2 aromatic carbocycles. The van der Waals surface area contributed by atoms with Crippen molar-refractivity contribution in [2.24, 2.45) is 5.73 Å². The van der Waals surface area contributed by atoms with Crippen molar-refractivity contribution in [1.82, 2.24) is 15.6 Å². The van der Waals surface area contributed by atoms with Crippen LogP contribution in [-0.4, -0.2) is 53.1 Å². The summed E-state index contributed by atoms with van der Waals surface area (Å²) in [5.41, 5.74) is 7.84. The number of aromatic nitrogens is 1. The number of oxazole rings is 1. The largest absolute Gasteiger partial charge is 0.480 e. The van der Waals surface area contributed by atoms with Crippen molar-refractivity contribution in [3.8, 4) is 11.5 Å². The van der Waals surface area contributed by atoms with Gasteiger partial charge < -0.3 is 30.6 Å². The standard InChI is InChI=1S/C23H25N5O6/c1-2-3-10-33-23(32)28-17(22(30)31)12-26-20(29)15-8-9-16-18(11-15)34-21(27-16)14-6-4-13(5-7-14)19(24)25/h4-9,11,17H,2-3,10,12H2,1H3,(H3,24,25)(H,26,29)(H,28,32)(H,30,31)/t17-/m0/s1. The number of nitrogens with one attached hydrogen (secondary N) is 3. The van der Waals surface area contributed by atoms with E-state index in [1.165, 1.54) is 12.1 Å². The summed E-state index contributed by atoms with van der Waals surface area (Å²) in [5.74, 6) is -1.56. The molecule has 0 radical (unpaired) electrons. The van der Waals surface area contributed by atoms with Crippen LogP contribution in [-0.2, 0) is 9.53 Å². The number of fused-ring (bicyclic) bond motifs is 1. The second-order valence-electron chi connectivity index (χ2n) is 7.43. The zero-order valence-electron chi connectivity index (χ0n) is 18.5. The molecule has 0 saturated heterocycles. The molecular formula is C23H25N5O6. The molecular weight excluding hydrogens is 442 g/mol. The Hall–Kier alpha value is -4.41. The van der Waals surface area contributed by atoms with Gasteiger partial charge in [-0.05, 0) is 36.8 Å². The maximum Gasteiger partial charge on any atom is 0.407 e. The van der Waals surface area contributed by atoms with Crippen LogP contribution in [0, 0.1) is 5.41 Å². The topological polar surface area (TPSA) is 181 Å². The predicted octanol–water partition coefficient (Wildman–Crippen LogP) is 2.49. The normalized spacial score (nSPS) is 11.6. The average Bonchev–Trinajstić information content (AvgIpc) is 3.25. The minimum absolute atomic E-state index is 0.0477. The first kappa shape index (κ1) is 24.2. The highest BCUT2D eigenvalue weighted by molar-refractivity contribution is 5.98. The number of rotatable bonds is 10. The van der Waals surface area contributed by atoms with Crippen LogP contribution in [0.4, 0.5) is 4.79 Å². The van der Waals surface area contributed by atoms with E-state index in [1.54, 1.807) is 30.3 Å². The molecule has 6 N–H and O–H groups in total. The van der Waals surface area contributed by atoms with Gasteiger partial charge in [-0.25, -0.2) is 14.6 Å². The fourth-order valence-electron chi connectivity index (χ4n) is 2.97. The second kappa shape index (κ2) is 10.9. The van der Waals surface area contributed by atoms with E-state index in [4.69, 9.17) is 20.3 Å². The van der Waals surface area contributed by atoms with E-state index >= 15 is 0 Å². The van der Waals surface area contributed by atoms with Crippen molar-refractivity contribution in [2.75, 3.05) is 13.2 Å². The number of carbonyl (C=O) groups excluding carboxylic acids is 2. The molecule has 3 rings (SSSR count). The molecule has 0 aliphatic heterocycles. The summed E-state index contributed by atoms with van der Waals surface area (Å²) in [4.78, 5) is 40.1. The van der Waals surface area contributed by atoms with Gasteiger partial charge in [0.15, 0.2) is 5.58 Å². The van der Waals surface area contributed by atoms with Crippen molar-refractivity contribution < 1.29 is 28.6 Å². The third-order valence-electron chi connectivity index (χ3n) is 4.88. The number of carbonyl (C=O) groups is 3. The van der Waals surface area contributed by atoms with Crippen LogP contribution in [0.25, 0.3) is 22.6 Å². The Balaban J connectivity index is 1.66. The van der Waals surface area contributed by atoms with E-state index in [-0.39, 0.29) is 24.6 Å². The third-order valence-corrected chi connectivity index (χ3v) is 4.88. The molecule has 0 unspecified atom stereocenters. The summed E-state index contributed by atoms with van der Waals surface area (Å²) >= 11 is 0. The van der Waals surface area contributed by atoms with Gasteiger partial charge in [-0.3, -0.25) is 10.2 Å². The maximum atomic E-state index is 12.5. The lowest BCUT2D eigenvalue weighted by atomic mass is 10.1. The van der Waals surface area contributed by atoms with E-state index in [0.717, 1.165) is 6.42 Å². The number of alkyl carbamates (subject to hydrolysis) is 1. The van der Waals surface area contributed by atoms with Crippen molar-refractivity contribution in [3.05, 3.63) is 53.6 Å². The number of aliphatic carboxylic acids is 1. The van der Waals surface area contributed by atoms with Gasteiger partial charge in [0, 0.05) is 23.2 Å². The fourth-order valence-corrected chi connectivity index (χ4v) is 2.97. The molecule has 0 aliphatic carbocycles. The number of amidine groups is 1. The van der Waals surface area contributed by atoms with Crippen molar-refractivity contribution in [2.45, 2.75) is 25.8 Å². The van der Waals surface area contributed by atoms with Crippen molar-refractivity contribution >= 4 is 34.9 Å². The van der Waals surface area contributed by atoms with Gasteiger partial charge in [0.1, 0.15) is 17.4 Å². The third kappa shape index (κ3) is 6.09. The average molecular weight is 467 g/mol. The maximum absolute atomic E-state index is 12.5. The predicted molar refractivity (Wildman–Crippen MR) is 124 cm³/mol. The Morgan fingerprint density at radius 1 is 1.18 bits per heavy atom. The lowest BCUT2D eigenvalue weighted by Crippen LogP contribution is -2.48. The SMILES string of the molecule is CCCCOC(=O)N[C@@H](CNC(=O)c1ccc2nc(-c3ccc(C(=N)N)cc3)oc2c1)C(=O)O. The quantitative estimate of drug-likeness (QED) is 0.171. The number of carboxylic acid groups (broad SMARTS) is 1. The molecule has 2 amide bonds. The van der Waals surface area contributed by atoms with Gasteiger partial charge in [0.25, 0.3) is 5.91 Å². The summed E-state index contributed by atoms with van der Waals surface area (Å²) < 4.78 is 10.7. The number of ether oxygens (including phenoxy) is 1. The number of hydrogen-bond donors (Lipinski definition) is 5. The smallest absolute Gasteiger partial charge is 0.407 e. The van der Waals surface area contributed by atoms with Crippen LogP contribution in [0.2, 0.25) is 0 Å². The lowest BCUT2D eigenvalue weighted by molar-refractivity contribution is -0.139. The number of benzene rings is 2. The van der Waals surface area contributed by atoms with Crippen molar-refractivity contribution in [1.29, 1.82) is 5.41 Å². The molecule has 11 heteroatoms. The highest BCUT2D eigenvalue weighted by atomic mass is 16.5. The summed E-state index contributed by atoms with van der Waals surface area (Å²) in [6.45, 7) is 1.78. The first-order chi connectivity index (χ1) is 16.3. The number of amides is 2. The first-order valence-electron chi connectivity index (χ1n) is 10.6. The van der Waals surface area contributed by atoms with Gasteiger partial charge in [0.05, 0.1) is 6.61 Å². The van der Waals surface area contributed by atoms with Crippen LogP contribution in [0.1, 0.15) is 35.7 Å². The molecule has 1 heterocycles. The zero-order valence-corrected chi connectivity index (χ0v) is 18.5. The Bertz CT molecular complexity index is 1200. The summed E-state index contributed by atoms with van der Waals surface area (Å²) in [5, 5.41) is 21.5. The van der Waals surface area contributed by atoms with E-state index in [9.17, 15) is 19.5 Å². The van der Waals surface area contributed by atoms with Gasteiger partial charge in [-0.2, -0.15) is 0 Å². The molecule has 178 valence electrons. The highest BCUT2D eigenvalue weighted by Crippen LogP contribution is 2.25. The molecule has 3 aromatic rings. The van der Waals surface area contributed by atoms with Crippen LogP contribution in [0.3, 0.4) is 0 Å². The molecule has 1 atom stereocenters. The van der Waals surface area contributed by atoms with Gasteiger partial charge in [-0.15, -0.1) is 0 Å². The Kier molecular flexibility index (Phi) is 7.80. The molecule has 34 heavy (non-hydrogen) atoms. The summed E-state index contributed by atoms with van der Waals surface area (Å²) in [6.07, 6.45) is 0.633. The Morgan fingerprint density at radius 3 is 2.53 bits per heavy atom. The molecule has 11 nitrogen and oxygen atoms in total. The van der Waals surface area contributed by atoms with Crippen LogP contribution in [0.5, 0.6) is 0 Å². The zero-order chi connectivity index (χ0) is 24.7. The monoisotopic (exact) mass is 467 g/mol. The number of carboxylic acids is 1.